The molecule has 0 aromatic carbocycles. The molecule has 0 atom stereocenters. The summed E-state index contributed by atoms with van der Waals surface area (Å²) in [6.07, 6.45) is 0. The lowest BCUT2D eigenvalue weighted by atomic mass is 10.2. The van der Waals surface area contributed by atoms with Crippen LogP contribution in [0.2, 0.25) is 0 Å². The molecule has 0 fully saturated rings. The molecule has 1 aromatic heterocycles. The third-order valence-corrected chi connectivity index (χ3v) is 4.64. The van der Waals surface area contributed by atoms with Crippen LogP contribution in [0, 0.1) is 0 Å². The number of likely N-dealkylation sites (N-methyl/N-ethyl adjacent to an activating group) is 2. The largest absolute Gasteiger partial charge is 0.308 e. The molecule has 0 amide bonds. The lowest BCUT2D eigenvalue weighted by Gasteiger charge is -2.18. The Morgan fingerprint density at radius 3 is 2.41 bits per heavy atom. The molecule has 0 unspecified atom stereocenters. The predicted molar refractivity (Wildman–Crippen MR) is 80.1 cm³/mol. The first kappa shape index (κ1) is 15.3. The van der Waals surface area contributed by atoms with E-state index in [9.17, 15) is 4.79 Å². The van der Waals surface area contributed by atoms with Gasteiger partial charge in [0, 0.05) is 18.7 Å². The zero-order valence-electron chi connectivity index (χ0n) is 10.2. The molecule has 0 spiro atoms. The fourth-order valence-electron chi connectivity index (χ4n) is 1.31. The van der Waals surface area contributed by atoms with E-state index < -0.39 is 0 Å². The molecule has 0 saturated carbocycles. The van der Waals surface area contributed by atoms with E-state index in [1.54, 1.807) is 0 Å². The summed E-state index contributed by atoms with van der Waals surface area (Å²) in [5, 5.41) is 0. The van der Waals surface area contributed by atoms with Gasteiger partial charge < -0.3 is 4.90 Å². The first-order valence-corrected chi connectivity index (χ1v) is 7.61. The summed E-state index contributed by atoms with van der Waals surface area (Å²) in [7, 11) is 6.03. The number of ketones is 1. The van der Waals surface area contributed by atoms with Crippen LogP contribution in [0.1, 0.15) is 10.4 Å². The van der Waals surface area contributed by atoms with Crippen molar-refractivity contribution in [2.24, 2.45) is 0 Å². The van der Waals surface area contributed by atoms with E-state index in [2.05, 4.69) is 36.8 Å². The summed E-state index contributed by atoms with van der Waals surface area (Å²) in [6.45, 7) is 2.30. The first-order chi connectivity index (χ1) is 7.90. The first-order valence-electron chi connectivity index (χ1n) is 5.21. The van der Waals surface area contributed by atoms with Crippen LogP contribution in [0.3, 0.4) is 0 Å². The Hall–Kier alpha value is 0.250. The van der Waals surface area contributed by atoms with Crippen molar-refractivity contribution in [3.05, 3.63) is 19.2 Å². The van der Waals surface area contributed by atoms with Gasteiger partial charge in [0.25, 0.3) is 0 Å². The topological polar surface area (TPSA) is 23.6 Å². The summed E-state index contributed by atoms with van der Waals surface area (Å²) >= 11 is 8.32. The van der Waals surface area contributed by atoms with Gasteiger partial charge in [0.05, 0.1) is 14.1 Å². The Labute approximate surface area is 123 Å². The molecule has 0 aliphatic carbocycles. The SMILES string of the molecule is CN(C)CCN(C)CC(=O)c1cc(Br)sc1Br. The van der Waals surface area contributed by atoms with Crippen LogP contribution < -0.4 is 0 Å². The molecule has 0 N–H and O–H groups in total. The molecule has 0 aliphatic heterocycles. The van der Waals surface area contributed by atoms with Crippen molar-refractivity contribution in [2.45, 2.75) is 0 Å². The molecule has 0 aliphatic rings. The van der Waals surface area contributed by atoms with Gasteiger partial charge in [-0.1, -0.05) is 0 Å². The van der Waals surface area contributed by atoms with Crippen LogP contribution in [0.15, 0.2) is 13.6 Å². The lowest BCUT2D eigenvalue weighted by Crippen LogP contribution is -2.32. The minimum absolute atomic E-state index is 0.153. The molecule has 17 heavy (non-hydrogen) atoms. The van der Waals surface area contributed by atoms with E-state index in [4.69, 9.17) is 0 Å². The monoisotopic (exact) mass is 382 g/mol. The fourth-order valence-corrected chi connectivity index (χ4v) is 4.17. The van der Waals surface area contributed by atoms with E-state index in [0.717, 1.165) is 26.2 Å². The average Bonchev–Trinajstić information content (AvgIpc) is 2.55. The van der Waals surface area contributed by atoms with Crippen molar-refractivity contribution in [3.8, 4) is 0 Å². The highest BCUT2D eigenvalue weighted by Gasteiger charge is 2.15. The fraction of sp³-hybridized carbons (Fsp3) is 0.545. The molecular weight excluding hydrogens is 368 g/mol. The van der Waals surface area contributed by atoms with Gasteiger partial charge in [-0.05, 0) is 59.1 Å². The average molecular weight is 384 g/mol. The number of halogens is 2. The Bertz CT molecular complexity index is 393. The van der Waals surface area contributed by atoms with Crippen LogP contribution in [0.5, 0.6) is 0 Å². The zero-order chi connectivity index (χ0) is 13.0. The number of rotatable bonds is 6. The van der Waals surface area contributed by atoms with Crippen molar-refractivity contribution in [1.82, 2.24) is 9.80 Å². The number of hydrogen-bond acceptors (Lipinski definition) is 4. The quantitative estimate of drug-likeness (QED) is 0.705. The van der Waals surface area contributed by atoms with Crippen molar-refractivity contribution in [2.75, 3.05) is 40.8 Å². The maximum Gasteiger partial charge on any atom is 0.178 e. The van der Waals surface area contributed by atoms with Crippen molar-refractivity contribution >= 4 is 49.0 Å². The highest BCUT2D eigenvalue weighted by atomic mass is 79.9. The second kappa shape index (κ2) is 6.99. The standard InChI is InChI=1S/C11H16Br2N2OS/c1-14(2)4-5-15(3)7-9(16)8-6-10(12)17-11(8)13/h6H,4-5,7H2,1-3H3. The van der Waals surface area contributed by atoms with Gasteiger partial charge in [0.15, 0.2) is 5.78 Å². The van der Waals surface area contributed by atoms with Crippen molar-refractivity contribution in [3.63, 3.8) is 0 Å². The normalized spacial score (nSPS) is 11.5. The second-order valence-electron chi connectivity index (χ2n) is 4.20. The molecule has 1 aromatic rings. The van der Waals surface area contributed by atoms with E-state index in [-0.39, 0.29) is 5.78 Å². The molecule has 96 valence electrons. The van der Waals surface area contributed by atoms with Gasteiger partial charge in [0.1, 0.15) is 0 Å². The summed E-state index contributed by atoms with van der Waals surface area (Å²) in [5.41, 5.74) is 0.763. The smallest absolute Gasteiger partial charge is 0.178 e. The molecule has 1 rings (SSSR count). The van der Waals surface area contributed by atoms with Crippen LogP contribution in [0.4, 0.5) is 0 Å². The summed E-state index contributed by atoms with van der Waals surface area (Å²) in [5.74, 6) is 0.153. The van der Waals surface area contributed by atoms with Crippen LogP contribution in [-0.2, 0) is 0 Å². The number of Topliss-reactive ketones (excluding diaryl/α,β-unsaturated/α-hetero) is 1. The molecule has 6 heteroatoms. The van der Waals surface area contributed by atoms with Gasteiger partial charge in [0.2, 0.25) is 0 Å². The van der Waals surface area contributed by atoms with Gasteiger partial charge in [-0.25, -0.2) is 0 Å². The zero-order valence-corrected chi connectivity index (χ0v) is 14.2. The van der Waals surface area contributed by atoms with Gasteiger partial charge in [-0.15, -0.1) is 11.3 Å². The number of carbonyl (C=O) groups excluding carboxylic acids is 1. The van der Waals surface area contributed by atoms with E-state index >= 15 is 0 Å². The second-order valence-corrected chi connectivity index (χ2v) is 7.95. The van der Waals surface area contributed by atoms with Gasteiger partial charge >= 0.3 is 0 Å². The minimum atomic E-state index is 0.153. The summed E-state index contributed by atoms with van der Waals surface area (Å²) in [4.78, 5) is 16.2. The number of carbonyl (C=O) groups is 1. The Morgan fingerprint density at radius 1 is 1.29 bits per heavy atom. The maximum atomic E-state index is 12.0. The van der Waals surface area contributed by atoms with E-state index in [0.29, 0.717) is 6.54 Å². The van der Waals surface area contributed by atoms with Crippen molar-refractivity contribution < 1.29 is 4.79 Å². The predicted octanol–water partition coefficient (Wildman–Crippen LogP) is 2.95. The maximum absolute atomic E-state index is 12.0. The van der Waals surface area contributed by atoms with E-state index in [1.807, 2.05) is 32.1 Å². The summed E-state index contributed by atoms with van der Waals surface area (Å²) in [6, 6.07) is 1.87. The van der Waals surface area contributed by atoms with Gasteiger partial charge in [-0.3, -0.25) is 9.69 Å². The third kappa shape index (κ3) is 5.18. The Balaban J connectivity index is 2.51. The highest BCUT2D eigenvalue weighted by Crippen LogP contribution is 2.32. The number of nitrogens with zero attached hydrogens (tertiary/aromatic N) is 2. The molecule has 0 radical (unpaired) electrons. The van der Waals surface area contributed by atoms with Crippen LogP contribution in [0.25, 0.3) is 0 Å². The molecule has 3 nitrogen and oxygen atoms in total. The highest BCUT2D eigenvalue weighted by molar-refractivity contribution is 9.12. The van der Waals surface area contributed by atoms with Crippen LogP contribution in [-0.4, -0.2) is 56.4 Å². The minimum Gasteiger partial charge on any atom is -0.308 e. The molecule has 0 bridgehead atoms. The van der Waals surface area contributed by atoms with Crippen LogP contribution >= 0.6 is 43.2 Å². The molecule has 0 saturated heterocycles. The summed E-state index contributed by atoms with van der Waals surface area (Å²) < 4.78 is 1.87. The van der Waals surface area contributed by atoms with E-state index in [1.165, 1.54) is 11.3 Å². The van der Waals surface area contributed by atoms with Crippen molar-refractivity contribution in [1.29, 1.82) is 0 Å². The Morgan fingerprint density at radius 2 is 1.94 bits per heavy atom. The lowest BCUT2D eigenvalue weighted by molar-refractivity contribution is 0.0942. The number of hydrogen-bond donors (Lipinski definition) is 0. The van der Waals surface area contributed by atoms with Gasteiger partial charge in [-0.2, -0.15) is 0 Å². The molecule has 1 heterocycles. The Kier molecular flexibility index (Phi) is 6.30. The third-order valence-electron chi connectivity index (χ3n) is 2.30. The number of thiophene rings is 1. The molecular formula is C11H16Br2N2OS.